The second kappa shape index (κ2) is 6.20. The smallest absolute Gasteiger partial charge is 0.0208 e. The van der Waals surface area contributed by atoms with E-state index in [0.717, 1.165) is 12.5 Å². The largest absolute Gasteiger partial charge is 0.312 e. The van der Waals surface area contributed by atoms with Gasteiger partial charge in [0, 0.05) is 6.54 Å². The van der Waals surface area contributed by atoms with Crippen molar-refractivity contribution in [1.29, 1.82) is 0 Å². The van der Waals surface area contributed by atoms with Crippen LogP contribution in [0.2, 0.25) is 0 Å². The van der Waals surface area contributed by atoms with Gasteiger partial charge in [0.15, 0.2) is 0 Å². The minimum absolute atomic E-state index is 0.925. The summed E-state index contributed by atoms with van der Waals surface area (Å²) in [5.74, 6) is 0.925. The van der Waals surface area contributed by atoms with E-state index in [1.807, 2.05) is 0 Å². The summed E-state index contributed by atoms with van der Waals surface area (Å²) < 4.78 is 0. The van der Waals surface area contributed by atoms with Gasteiger partial charge in [-0.25, -0.2) is 0 Å². The Morgan fingerprint density at radius 3 is 2.59 bits per heavy atom. The molecule has 1 aromatic carbocycles. The number of nitrogens with one attached hydrogen (secondary N) is 1. The molecule has 1 aliphatic rings. The summed E-state index contributed by atoms with van der Waals surface area (Å²) in [4.78, 5) is 0. The average Bonchev–Trinajstić information content (AvgIpc) is 2.33. The monoisotopic (exact) mass is 231 g/mol. The quantitative estimate of drug-likeness (QED) is 0.826. The lowest BCUT2D eigenvalue weighted by Crippen LogP contribution is -2.24. The van der Waals surface area contributed by atoms with Crippen molar-refractivity contribution in [3.8, 4) is 0 Å². The van der Waals surface area contributed by atoms with E-state index >= 15 is 0 Å². The molecule has 1 aromatic rings. The van der Waals surface area contributed by atoms with Crippen molar-refractivity contribution in [2.24, 2.45) is 5.92 Å². The van der Waals surface area contributed by atoms with E-state index in [4.69, 9.17) is 0 Å². The van der Waals surface area contributed by atoms with E-state index in [1.165, 1.54) is 55.3 Å². The first-order valence-corrected chi connectivity index (χ1v) is 7.02. The lowest BCUT2D eigenvalue weighted by Gasteiger charge is -2.22. The van der Waals surface area contributed by atoms with Gasteiger partial charge in [-0.2, -0.15) is 0 Å². The molecule has 1 nitrogen and oxygen atoms in total. The summed E-state index contributed by atoms with van der Waals surface area (Å²) in [6.45, 7) is 6.60. The summed E-state index contributed by atoms with van der Waals surface area (Å²) >= 11 is 0. The molecule has 1 saturated carbocycles. The molecule has 0 radical (unpaired) electrons. The number of hydrogen-bond acceptors (Lipinski definition) is 1. The molecule has 0 bridgehead atoms. The third-order valence-electron chi connectivity index (χ3n) is 3.97. The number of rotatable bonds is 4. The Morgan fingerprint density at radius 2 is 1.88 bits per heavy atom. The molecule has 1 fully saturated rings. The van der Waals surface area contributed by atoms with E-state index in [9.17, 15) is 0 Å². The molecule has 0 amide bonds. The van der Waals surface area contributed by atoms with Crippen molar-refractivity contribution >= 4 is 0 Å². The first kappa shape index (κ1) is 12.6. The Hall–Kier alpha value is -0.820. The number of benzene rings is 1. The van der Waals surface area contributed by atoms with Gasteiger partial charge >= 0.3 is 0 Å². The Labute approximate surface area is 106 Å². The second-order valence-electron chi connectivity index (χ2n) is 5.56. The predicted octanol–water partition coefficient (Wildman–Crippen LogP) is 3.97. The molecule has 0 aromatic heterocycles. The predicted molar refractivity (Wildman–Crippen MR) is 74.2 cm³/mol. The molecular formula is C16H25N. The van der Waals surface area contributed by atoms with Crippen LogP contribution < -0.4 is 5.32 Å². The average molecular weight is 231 g/mol. The van der Waals surface area contributed by atoms with Gasteiger partial charge in [0.25, 0.3) is 0 Å². The molecule has 0 saturated heterocycles. The summed E-state index contributed by atoms with van der Waals surface area (Å²) in [6, 6.07) is 6.75. The van der Waals surface area contributed by atoms with E-state index in [2.05, 4.69) is 37.4 Å². The Morgan fingerprint density at radius 1 is 1.12 bits per heavy atom. The van der Waals surface area contributed by atoms with Crippen molar-refractivity contribution in [2.45, 2.75) is 52.5 Å². The minimum atomic E-state index is 0.925. The van der Waals surface area contributed by atoms with Gasteiger partial charge in [-0.15, -0.1) is 0 Å². The highest BCUT2D eigenvalue weighted by atomic mass is 14.9. The van der Waals surface area contributed by atoms with Crippen LogP contribution in [0, 0.1) is 19.8 Å². The SMILES string of the molecule is Cc1ccc(CNCC2CCCCC2)c(C)c1. The summed E-state index contributed by atoms with van der Waals surface area (Å²) in [5, 5.41) is 3.63. The van der Waals surface area contributed by atoms with Crippen LogP contribution in [-0.2, 0) is 6.54 Å². The van der Waals surface area contributed by atoms with Crippen molar-refractivity contribution in [1.82, 2.24) is 5.32 Å². The van der Waals surface area contributed by atoms with Gasteiger partial charge < -0.3 is 5.32 Å². The zero-order valence-electron chi connectivity index (χ0n) is 11.3. The summed E-state index contributed by atoms with van der Waals surface area (Å²) in [5.41, 5.74) is 4.23. The molecule has 2 rings (SSSR count). The molecule has 1 aliphatic carbocycles. The first-order valence-electron chi connectivity index (χ1n) is 7.02. The Kier molecular flexibility index (Phi) is 4.61. The molecule has 1 heteroatoms. The summed E-state index contributed by atoms with van der Waals surface area (Å²) in [6.07, 6.45) is 7.19. The van der Waals surface area contributed by atoms with E-state index in [0.29, 0.717) is 0 Å². The zero-order chi connectivity index (χ0) is 12.1. The molecule has 0 spiro atoms. The fraction of sp³-hybridized carbons (Fsp3) is 0.625. The topological polar surface area (TPSA) is 12.0 Å². The van der Waals surface area contributed by atoms with Crippen molar-refractivity contribution < 1.29 is 0 Å². The van der Waals surface area contributed by atoms with Crippen LogP contribution in [0.5, 0.6) is 0 Å². The molecule has 94 valence electrons. The van der Waals surface area contributed by atoms with Crippen molar-refractivity contribution in [2.75, 3.05) is 6.54 Å². The van der Waals surface area contributed by atoms with Crippen LogP contribution in [-0.4, -0.2) is 6.54 Å². The molecule has 1 N–H and O–H groups in total. The minimum Gasteiger partial charge on any atom is -0.312 e. The van der Waals surface area contributed by atoms with Gasteiger partial charge in [-0.05, 0) is 50.3 Å². The molecule has 0 aliphatic heterocycles. The lowest BCUT2D eigenvalue weighted by atomic mass is 9.89. The van der Waals surface area contributed by atoms with Gasteiger partial charge in [-0.3, -0.25) is 0 Å². The lowest BCUT2D eigenvalue weighted by molar-refractivity contribution is 0.342. The van der Waals surface area contributed by atoms with E-state index in [1.54, 1.807) is 0 Å². The van der Waals surface area contributed by atoms with Crippen LogP contribution in [0.15, 0.2) is 18.2 Å². The van der Waals surface area contributed by atoms with Gasteiger partial charge in [0.05, 0.1) is 0 Å². The maximum absolute atomic E-state index is 3.63. The van der Waals surface area contributed by atoms with Gasteiger partial charge in [-0.1, -0.05) is 43.0 Å². The molecule has 17 heavy (non-hydrogen) atoms. The normalized spacial score (nSPS) is 17.3. The number of hydrogen-bond donors (Lipinski definition) is 1. The number of aryl methyl sites for hydroxylation is 2. The van der Waals surface area contributed by atoms with Crippen LogP contribution in [0.1, 0.15) is 48.8 Å². The molecular weight excluding hydrogens is 206 g/mol. The standard InChI is InChI=1S/C16H25N/c1-13-8-9-16(14(2)10-13)12-17-11-15-6-4-3-5-7-15/h8-10,15,17H,3-7,11-12H2,1-2H3. The zero-order valence-corrected chi connectivity index (χ0v) is 11.3. The third kappa shape index (κ3) is 3.85. The first-order chi connectivity index (χ1) is 8.25. The molecule has 0 atom stereocenters. The fourth-order valence-electron chi connectivity index (χ4n) is 2.85. The Bertz CT molecular complexity index is 351. The molecule has 0 heterocycles. The maximum atomic E-state index is 3.63. The highest BCUT2D eigenvalue weighted by molar-refractivity contribution is 5.30. The Balaban J connectivity index is 1.77. The van der Waals surface area contributed by atoms with Crippen molar-refractivity contribution in [3.63, 3.8) is 0 Å². The van der Waals surface area contributed by atoms with Crippen LogP contribution >= 0.6 is 0 Å². The van der Waals surface area contributed by atoms with E-state index < -0.39 is 0 Å². The van der Waals surface area contributed by atoms with Crippen LogP contribution in [0.3, 0.4) is 0 Å². The van der Waals surface area contributed by atoms with Gasteiger partial charge in [0.2, 0.25) is 0 Å². The maximum Gasteiger partial charge on any atom is 0.0208 e. The third-order valence-corrected chi connectivity index (χ3v) is 3.97. The summed E-state index contributed by atoms with van der Waals surface area (Å²) in [7, 11) is 0. The second-order valence-corrected chi connectivity index (χ2v) is 5.56. The van der Waals surface area contributed by atoms with Crippen molar-refractivity contribution in [3.05, 3.63) is 34.9 Å². The molecule has 0 unspecified atom stereocenters. The fourth-order valence-corrected chi connectivity index (χ4v) is 2.85. The van der Waals surface area contributed by atoms with E-state index in [-0.39, 0.29) is 0 Å². The van der Waals surface area contributed by atoms with Crippen LogP contribution in [0.4, 0.5) is 0 Å². The van der Waals surface area contributed by atoms with Gasteiger partial charge in [0.1, 0.15) is 0 Å². The van der Waals surface area contributed by atoms with Crippen LogP contribution in [0.25, 0.3) is 0 Å². The highest BCUT2D eigenvalue weighted by Crippen LogP contribution is 2.22. The highest BCUT2D eigenvalue weighted by Gasteiger charge is 2.12.